The third-order valence-electron chi connectivity index (χ3n) is 5.56. The van der Waals surface area contributed by atoms with Crippen molar-refractivity contribution in [3.05, 3.63) is 0 Å². The lowest BCUT2D eigenvalue weighted by atomic mass is 9.80. The van der Waals surface area contributed by atoms with Gasteiger partial charge < -0.3 is 20.2 Å². The third kappa shape index (κ3) is 8.43. The summed E-state index contributed by atoms with van der Waals surface area (Å²) in [4.78, 5) is 28.6. The Balaban J connectivity index is 0.000000283. The van der Waals surface area contributed by atoms with Gasteiger partial charge in [-0.05, 0) is 59.8 Å². The second-order valence-electron chi connectivity index (χ2n) is 8.87. The predicted molar refractivity (Wildman–Crippen MR) is 106 cm³/mol. The molecule has 0 aromatic carbocycles. The molecule has 8 heteroatoms. The number of aliphatic carboxylic acids is 1. The van der Waals surface area contributed by atoms with Crippen LogP contribution in [0.3, 0.4) is 0 Å². The summed E-state index contributed by atoms with van der Waals surface area (Å²) in [5.41, 5.74) is 0.509. The first-order valence-electron chi connectivity index (χ1n) is 10.2. The van der Waals surface area contributed by atoms with Crippen LogP contribution in [0.4, 0.5) is 0 Å². The summed E-state index contributed by atoms with van der Waals surface area (Å²) in [6.07, 6.45) is 4.30. The number of nitrogens with zero attached hydrogens (tertiary/aromatic N) is 2. The number of hydrogen-bond donors (Lipinski definition) is 3. The van der Waals surface area contributed by atoms with E-state index in [4.69, 9.17) is 15.1 Å². The molecule has 0 spiro atoms. The summed E-state index contributed by atoms with van der Waals surface area (Å²) in [6.45, 7) is 11.2. The fourth-order valence-corrected chi connectivity index (χ4v) is 4.08. The molecule has 0 aromatic heterocycles. The summed E-state index contributed by atoms with van der Waals surface area (Å²) in [6, 6.07) is 0. The van der Waals surface area contributed by atoms with Gasteiger partial charge in [-0.15, -0.1) is 5.06 Å². The molecule has 0 aromatic rings. The Morgan fingerprint density at radius 2 is 1.57 bits per heavy atom. The number of carbonyl (C=O) groups excluding carboxylic acids is 1. The molecule has 0 bridgehead atoms. The van der Waals surface area contributed by atoms with E-state index in [9.17, 15) is 14.7 Å². The first kappa shape index (κ1) is 24.8. The zero-order valence-electron chi connectivity index (χ0n) is 17.8. The van der Waals surface area contributed by atoms with Crippen LogP contribution in [0.2, 0.25) is 0 Å². The number of hydroxylamine groups is 2. The molecule has 0 saturated carbocycles. The summed E-state index contributed by atoms with van der Waals surface area (Å²) in [5, 5.41) is 28.1. The van der Waals surface area contributed by atoms with Gasteiger partial charge in [0.15, 0.2) is 0 Å². The van der Waals surface area contributed by atoms with Gasteiger partial charge in [0.1, 0.15) is 0 Å². The van der Waals surface area contributed by atoms with Crippen molar-refractivity contribution in [3.63, 3.8) is 0 Å². The highest BCUT2D eigenvalue weighted by atomic mass is 16.7. The van der Waals surface area contributed by atoms with E-state index >= 15 is 0 Å². The monoisotopic (exact) mass is 402 g/mol. The number of hydrogen-bond acceptors (Lipinski definition) is 7. The van der Waals surface area contributed by atoms with Crippen LogP contribution in [0.5, 0.6) is 0 Å². The molecule has 2 heterocycles. The maximum Gasteiger partial charge on any atom is 0.325 e. The first-order chi connectivity index (χ1) is 13.0. The molecule has 2 aliphatic rings. The van der Waals surface area contributed by atoms with Crippen molar-refractivity contribution >= 4 is 11.9 Å². The van der Waals surface area contributed by atoms with E-state index in [1.165, 1.54) is 24.3 Å². The van der Waals surface area contributed by atoms with Crippen LogP contribution in [0.15, 0.2) is 0 Å². The number of rotatable bonds is 6. The molecule has 0 unspecified atom stereocenters. The van der Waals surface area contributed by atoms with E-state index in [1.54, 1.807) is 0 Å². The smallest absolute Gasteiger partial charge is 0.325 e. The molecule has 0 radical (unpaired) electrons. The van der Waals surface area contributed by atoms with Gasteiger partial charge in [-0.2, -0.15) is 0 Å². The van der Waals surface area contributed by atoms with Crippen LogP contribution in [-0.2, 0) is 14.4 Å². The number of β-amino-alcohol motifs (C(OH)–C–C–N with tert-alkyl or cyclic N) is 1. The Morgan fingerprint density at radius 1 is 1.04 bits per heavy atom. The summed E-state index contributed by atoms with van der Waals surface area (Å²) < 4.78 is 0. The average molecular weight is 403 g/mol. The molecule has 2 saturated heterocycles. The van der Waals surface area contributed by atoms with E-state index in [1.807, 2.05) is 0 Å². The van der Waals surface area contributed by atoms with Gasteiger partial charge in [-0.3, -0.25) is 14.5 Å². The fraction of sp³-hybridized carbons (Fsp3) is 0.900. The van der Waals surface area contributed by atoms with Crippen molar-refractivity contribution in [2.45, 2.75) is 89.8 Å². The maximum atomic E-state index is 11.1. The van der Waals surface area contributed by atoms with Crippen LogP contribution in [0.25, 0.3) is 0 Å². The highest BCUT2D eigenvalue weighted by molar-refractivity contribution is 5.76. The van der Waals surface area contributed by atoms with E-state index in [-0.39, 0.29) is 36.6 Å². The molecule has 8 nitrogen and oxygen atoms in total. The van der Waals surface area contributed by atoms with E-state index in [0.29, 0.717) is 25.9 Å². The molecule has 3 N–H and O–H groups in total. The van der Waals surface area contributed by atoms with Crippen LogP contribution < -0.4 is 0 Å². The van der Waals surface area contributed by atoms with Gasteiger partial charge in [-0.1, -0.05) is 0 Å². The summed E-state index contributed by atoms with van der Waals surface area (Å²) >= 11 is 0. The van der Waals surface area contributed by atoms with Gasteiger partial charge >= 0.3 is 11.9 Å². The van der Waals surface area contributed by atoms with Crippen LogP contribution in [-0.4, -0.2) is 80.6 Å². The third-order valence-corrected chi connectivity index (χ3v) is 5.56. The van der Waals surface area contributed by atoms with Gasteiger partial charge in [0.2, 0.25) is 0 Å². The van der Waals surface area contributed by atoms with Gasteiger partial charge in [0.25, 0.3) is 0 Å². The largest absolute Gasteiger partial charge is 0.481 e. The van der Waals surface area contributed by atoms with Crippen molar-refractivity contribution in [3.8, 4) is 0 Å². The molecule has 2 aliphatic heterocycles. The second kappa shape index (κ2) is 11.1. The summed E-state index contributed by atoms with van der Waals surface area (Å²) in [5.74, 6) is -1.55. The molecule has 2 rings (SSSR count). The van der Waals surface area contributed by atoms with E-state index < -0.39 is 11.9 Å². The van der Waals surface area contributed by atoms with Crippen molar-refractivity contribution in [2.75, 3.05) is 26.2 Å². The lowest BCUT2D eigenvalue weighted by molar-refractivity contribution is -0.199. The fourth-order valence-electron chi connectivity index (χ4n) is 4.08. The average Bonchev–Trinajstić information content (AvgIpc) is 2.59. The van der Waals surface area contributed by atoms with Crippen molar-refractivity contribution in [2.24, 2.45) is 0 Å². The second-order valence-corrected chi connectivity index (χ2v) is 8.87. The minimum absolute atomic E-state index is 0.117. The van der Waals surface area contributed by atoms with Gasteiger partial charge in [0.05, 0.1) is 25.6 Å². The molecule has 0 atom stereocenters. The lowest BCUT2D eigenvalue weighted by Gasteiger charge is -2.52. The highest BCUT2D eigenvalue weighted by Gasteiger charge is 2.40. The molecule has 164 valence electrons. The highest BCUT2D eigenvalue weighted by Crippen LogP contribution is 2.37. The van der Waals surface area contributed by atoms with Crippen LogP contribution in [0.1, 0.15) is 72.6 Å². The minimum atomic E-state index is -1.01. The SMILES string of the molecule is CC1(C)CCCC(C)(C)N1CCO.O=C(O)CCC(=O)ON1CCC(O)CC1. The Labute approximate surface area is 168 Å². The Bertz CT molecular complexity index is 485. The molecule has 0 amide bonds. The van der Waals surface area contributed by atoms with E-state index in [0.717, 1.165) is 6.54 Å². The number of carboxylic acids is 1. The van der Waals surface area contributed by atoms with Crippen molar-refractivity contribution in [1.29, 1.82) is 0 Å². The lowest BCUT2D eigenvalue weighted by Crippen LogP contribution is -2.59. The molecule has 28 heavy (non-hydrogen) atoms. The maximum absolute atomic E-state index is 11.1. The Morgan fingerprint density at radius 3 is 2.04 bits per heavy atom. The molecular formula is C20H38N2O6. The van der Waals surface area contributed by atoms with Crippen molar-refractivity contribution in [1.82, 2.24) is 9.96 Å². The quantitative estimate of drug-likeness (QED) is 0.617. The standard InChI is InChI=1S/C11H23NO.C9H15NO5/c1-10(2)6-5-7-11(3,4)12(10)8-9-13;11-7-3-5-10(6-4-7)15-9(14)2-1-8(12)13/h13H,5-9H2,1-4H3;7,11H,1-6H2,(H,12,13). The predicted octanol–water partition coefficient (Wildman–Crippen LogP) is 1.79. The normalized spacial score (nSPS) is 22.8. The first-order valence-corrected chi connectivity index (χ1v) is 10.2. The number of likely N-dealkylation sites (tertiary alicyclic amines) is 1. The molecule has 2 fully saturated rings. The van der Waals surface area contributed by atoms with Gasteiger partial charge in [0, 0.05) is 30.7 Å². The van der Waals surface area contributed by atoms with Crippen LogP contribution >= 0.6 is 0 Å². The Hall–Kier alpha value is -1.22. The van der Waals surface area contributed by atoms with Crippen LogP contribution in [0, 0.1) is 0 Å². The number of piperidine rings is 2. The Kier molecular flexibility index (Phi) is 9.83. The topological polar surface area (TPSA) is 111 Å². The molecule has 0 aliphatic carbocycles. The summed E-state index contributed by atoms with van der Waals surface area (Å²) in [7, 11) is 0. The van der Waals surface area contributed by atoms with E-state index in [2.05, 4.69) is 32.6 Å². The van der Waals surface area contributed by atoms with Gasteiger partial charge in [-0.25, -0.2) is 0 Å². The number of aliphatic hydroxyl groups is 2. The number of carboxylic acid groups (broad SMARTS) is 1. The minimum Gasteiger partial charge on any atom is -0.481 e. The number of carbonyl (C=O) groups is 2. The zero-order chi connectivity index (χ0) is 21.4. The molecular weight excluding hydrogens is 364 g/mol. The number of aliphatic hydroxyl groups excluding tert-OH is 2. The zero-order valence-corrected chi connectivity index (χ0v) is 17.8. The van der Waals surface area contributed by atoms with Crippen molar-refractivity contribution < 1.29 is 29.7 Å².